The first kappa shape index (κ1) is 23.3. The van der Waals surface area contributed by atoms with Crippen molar-refractivity contribution in [2.75, 3.05) is 6.54 Å². The minimum absolute atomic E-state index is 0.116. The molecule has 1 aliphatic rings. The van der Waals surface area contributed by atoms with E-state index < -0.39 is 0 Å². The summed E-state index contributed by atoms with van der Waals surface area (Å²) in [5.74, 6) is 0.665. The third-order valence-corrected chi connectivity index (χ3v) is 6.49. The standard InChI is InChI=1S/C28H37NO2/c1-19(2)16-21-11-13-22(14-12-21)20(3)27(30)31-24-9-6-8-23(17-24)25-10-7-15-28(4,5)26(25)18-29/h6,8-9,11-14,17,19-20H,7,10,15-16,18,29H2,1-5H3. The zero-order chi connectivity index (χ0) is 22.6. The molecule has 2 aromatic rings. The van der Waals surface area contributed by atoms with Crippen molar-refractivity contribution >= 4 is 11.5 Å². The van der Waals surface area contributed by atoms with Gasteiger partial charge in [0.1, 0.15) is 5.75 Å². The molecular formula is C28H37NO2. The van der Waals surface area contributed by atoms with Crippen LogP contribution >= 0.6 is 0 Å². The number of hydrogen-bond acceptors (Lipinski definition) is 3. The maximum absolute atomic E-state index is 12.8. The van der Waals surface area contributed by atoms with Gasteiger partial charge in [-0.3, -0.25) is 4.79 Å². The number of allylic oxidation sites excluding steroid dienone is 1. The topological polar surface area (TPSA) is 52.3 Å². The van der Waals surface area contributed by atoms with E-state index in [-0.39, 0.29) is 17.3 Å². The Kier molecular flexibility index (Phi) is 7.38. The van der Waals surface area contributed by atoms with Gasteiger partial charge in [-0.25, -0.2) is 0 Å². The Morgan fingerprint density at radius 1 is 1.10 bits per heavy atom. The highest BCUT2D eigenvalue weighted by Gasteiger charge is 2.29. The van der Waals surface area contributed by atoms with Crippen LogP contribution in [0.15, 0.2) is 54.1 Å². The summed E-state index contributed by atoms with van der Waals surface area (Å²) >= 11 is 0. The maximum atomic E-state index is 12.8. The molecule has 0 fully saturated rings. The van der Waals surface area contributed by atoms with Crippen molar-refractivity contribution in [3.63, 3.8) is 0 Å². The fraction of sp³-hybridized carbons (Fsp3) is 0.464. The van der Waals surface area contributed by atoms with Gasteiger partial charge in [-0.2, -0.15) is 0 Å². The Balaban J connectivity index is 1.76. The van der Waals surface area contributed by atoms with Crippen molar-refractivity contribution in [2.24, 2.45) is 17.1 Å². The van der Waals surface area contributed by atoms with E-state index >= 15 is 0 Å². The van der Waals surface area contributed by atoms with Crippen molar-refractivity contribution in [1.29, 1.82) is 0 Å². The van der Waals surface area contributed by atoms with E-state index in [1.807, 2.05) is 37.3 Å². The van der Waals surface area contributed by atoms with Gasteiger partial charge >= 0.3 is 5.97 Å². The normalized spacial score (nSPS) is 17.0. The summed E-state index contributed by atoms with van der Waals surface area (Å²) in [6, 6.07) is 16.2. The van der Waals surface area contributed by atoms with Crippen LogP contribution in [0.1, 0.15) is 76.5 Å². The summed E-state index contributed by atoms with van der Waals surface area (Å²) in [4.78, 5) is 12.8. The Hall–Kier alpha value is -2.39. The minimum atomic E-state index is -0.316. The highest BCUT2D eigenvalue weighted by Crippen LogP contribution is 2.43. The van der Waals surface area contributed by atoms with Gasteiger partial charge in [-0.05, 0) is 83.9 Å². The molecule has 31 heavy (non-hydrogen) atoms. The van der Waals surface area contributed by atoms with Crippen molar-refractivity contribution in [3.05, 3.63) is 70.8 Å². The molecule has 1 atom stereocenters. The van der Waals surface area contributed by atoms with Gasteiger partial charge < -0.3 is 10.5 Å². The summed E-state index contributed by atoms with van der Waals surface area (Å²) < 4.78 is 5.78. The third-order valence-electron chi connectivity index (χ3n) is 6.49. The smallest absolute Gasteiger partial charge is 0.318 e. The molecule has 0 aromatic heterocycles. The molecule has 0 saturated carbocycles. The van der Waals surface area contributed by atoms with Gasteiger partial charge in [0.2, 0.25) is 0 Å². The van der Waals surface area contributed by atoms with Gasteiger partial charge in [0.05, 0.1) is 5.92 Å². The molecule has 3 heteroatoms. The van der Waals surface area contributed by atoms with Crippen LogP contribution in [0.4, 0.5) is 0 Å². The Morgan fingerprint density at radius 2 is 1.81 bits per heavy atom. The van der Waals surface area contributed by atoms with Crippen LogP contribution in [0, 0.1) is 11.3 Å². The molecule has 0 heterocycles. The number of carbonyl (C=O) groups is 1. The lowest BCUT2D eigenvalue weighted by Crippen LogP contribution is -2.26. The van der Waals surface area contributed by atoms with E-state index in [0.29, 0.717) is 18.2 Å². The molecule has 0 bridgehead atoms. The second-order valence-corrected chi connectivity index (χ2v) is 9.91. The van der Waals surface area contributed by atoms with Gasteiger partial charge in [0, 0.05) is 6.54 Å². The third kappa shape index (κ3) is 5.65. The molecule has 1 aliphatic carbocycles. The van der Waals surface area contributed by atoms with E-state index in [9.17, 15) is 4.79 Å². The summed E-state index contributed by atoms with van der Waals surface area (Å²) in [6.07, 6.45) is 4.38. The largest absolute Gasteiger partial charge is 0.426 e. The molecule has 0 spiro atoms. The van der Waals surface area contributed by atoms with Crippen molar-refractivity contribution in [2.45, 2.75) is 66.2 Å². The average Bonchev–Trinajstić information content (AvgIpc) is 2.72. The SMILES string of the molecule is CC(C)Cc1ccc(C(C)C(=O)Oc2cccc(C3=C(CN)C(C)(C)CCC3)c2)cc1. The van der Waals surface area contributed by atoms with Crippen LogP contribution < -0.4 is 10.5 Å². The number of rotatable bonds is 7. The van der Waals surface area contributed by atoms with Crippen LogP contribution in [0.25, 0.3) is 5.57 Å². The van der Waals surface area contributed by atoms with E-state index in [1.165, 1.54) is 16.7 Å². The molecule has 0 aliphatic heterocycles. The molecule has 2 aromatic carbocycles. The van der Waals surface area contributed by atoms with Crippen molar-refractivity contribution in [1.82, 2.24) is 0 Å². The molecule has 3 nitrogen and oxygen atoms in total. The lowest BCUT2D eigenvalue weighted by atomic mass is 9.71. The zero-order valence-electron chi connectivity index (χ0n) is 19.7. The molecule has 2 N–H and O–H groups in total. The number of carbonyl (C=O) groups excluding carboxylic acids is 1. The number of esters is 1. The van der Waals surface area contributed by atoms with Crippen LogP contribution in [0.2, 0.25) is 0 Å². The van der Waals surface area contributed by atoms with Gasteiger partial charge in [0.25, 0.3) is 0 Å². The fourth-order valence-electron chi connectivity index (χ4n) is 4.64. The minimum Gasteiger partial charge on any atom is -0.426 e. The summed E-state index contributed by atoms with van der Waals surface area (Å²) in [5, 5.41) is 0. The predicted octanol–water partition coefficient (Wildman–Crippen LogP) is 6.52. The molecule has 166 valence electrons. The van der Waals surface area contributed by atoms with E-state index in [1.54, 1.807) is 0 Å². The quantitative estimate of drug-likeness (QED) is 0.411. The van der Waals surface area contributed by atoms with Crippen LogP contribution in [0.3, 0.4) is 0 Å². The van der Waals surface area contributed by atoms with E-state index in [2.05, 4.69) is 45.9 Å². The van der Waals surface area contributed by atoms with Gasteiger partial charge in [-0.15, -0.1) is 0 Å². The Bertz CT molecular complexity index is 938. The number of nitrogens with two attached hydrogens (primary N) is 1. The Morgan fingerprint density at radius 3 is 2.45 bits per heavy atom. The monoisotopic (exact) mass is 419 g/mol. The second-order valence-electron chi connectivity index (χ2n) is 9.91. The second kappa shape index (κ2) is 9.82. The first-order chi connectivity index (χ1) is 14.7. The van der Waals surface area contributed by atoms with Crippen LogP contribution in [0.5, 0.6) is 5.75 Å². The Labute approximate surface area is 187 Å². The molecular weight excluding hydrogens is 382 g/mol. The van der Waals surface area contributed by atoms with Gasteiger partial charge in [0.15, 0.2) is 0 Å². The maximum Gasteiger partial charge on any atom is 0.318 e. The van der Waals surface area contributed by atoms with Crippen LogP contribution in [-0.2, 0) is 11.2 Å². The first-order valence-electron chi connectivity index (χ1n) is 11.5. The zero-order valence-corrected chi connectivity index (χ0v) is 19.7. The van der Waals surface area contributed by atoms with E-state index in [4.69, 9.17) is 10.5 Å². The number of hydrogen-bond donors (Lipinski definition) is 1. The lowest BCUT2D eigenvalue weighted by Gasteiger charge is -2.35. The summed E-state index contributed by atoms with van der Waals surface area (Å²) in [5.41, 5.74) is 12.3. The van der Waals surface area contributed by atoms with Gasteiger partial charge in [-0.1, -0.05) is 64.1 Å². The molecule has 0 radical (unpaired) electrons. The van der Waals surface area contributed by atoms with Crippen molar-refractivity contribution in [3.8, 4) is 5.75 Å². The predicted molar refractivity (Wildman–Crippen MR) is 129 cm³/mol. The highest BCUT2D eigenvalue weighted by atomic mass is 16.5. The lowest BCUT2D eigenvalue weighted by molar-refractivity contribution is -0.135. The molecule has 1 unspecified atom stereocenters. The summed E-state index contributed by atoms with van der Waals surface area (Å²) in [6.45, 7) is 11.4. The molecule has 3 rings (SSSR count). The molecule has 0 saturated heterocycles. The average molecular weight is 420 g/mol. The first-order valence-corrected chi connectivity index (χ1v) is 11.5. The van der Waals surface area contributed by atoms with E-state index in [0.717, 1.165) is 36.8 Å². The number of ether oxygens (including phenoxy) is 1. The highest BCUT2D eigenvalue weighted by molar-refractivity contribution is 5.80. The van der Waals surface area contributed by atoms with Crippen LogP contribution in [-0.4, -0.2) is 12.5 Å². The van der Waals surface area contributed by atoms with Crippen molar-refractivity contribution < 1.29 is 9.53 Å². The number of benzene rings is 2. The molecule has 0 amide bonds. The fourth-order valence-corrected chi connectivity index (χ4v) is 4.64. The summed E-state index contributed by atoms with van der Waals surface area (Å²) in [7, 11) is 0.